The summed E-state index contributed by atoms with van der Waals surface area (Å²) in [6.07, 6.45) is 1.06. The fraction of sp³-hybridized carbons (Fsp3) is 0.263. The fourth-order valence-corrected chi connectivity index (χ4v) is 2.94. The predicted octanol–water partition coefficient (Wildman–Crippen LogP) is 2.66. The summed E-state index contributed by atoms with van der Waals surface area (Å²) in [7, 11) is 0. The van der Waals surface area contributed by atoms with Crippen LogP contribution < -0.4 is 4.74 Å². The standard InChI is InChI=1S/C19H19NO5/c21-17-9-8-14(25-12-13-5-2-1-3-6-13)11-15(17)18(22)20-10-4-7-16(20)19(23)24/h1-3,5-6,8-9,11,16,21H,4,7,10,12H2,(H,23,24)/t16-/m0/s1. The molecule has 0 aromatic heterocycles. The van der Waals surface area contributed by atoms with E-state index in [1.54, 1.807) is 6.07 Å². The molecule has 2 N–H and O–H groups in total. The largest absolute Gasteiger partial charge is 0.507 e. The molecular weight excluding hydrogens is 322 g/mol. The number of amides is 1. The molecule has 0 spiro atoms. The van der Waals surface area contributed by atoms with Gasteiger partial charge in [-0.2, -0.15) is 0 Å². The number of phenols is 1. The zero-order valence-corrected chi connectivity index (χ0v) is 13.6. The third-order valence-electron chi connectivity index (χ3n) is 4.25. The number of rotatable bonds is 5. The first kappa shape index (κ1) is 16.8. The zero-order valence-electron chi connectivity index (χ0n) is 13.6. The SMILES string of the molecule is O=C(O)[C@@H]1CCCN1C(=O)c1cc(OCc2ccccc2)ccc1O. The van der Waals surface area contributed by atoms with Gasteiger partial charge in [0.25, 0.3) is 5.91 Å². The molecule has 1 amide bonds. The summed E-state index contributed by atoms with van der Waals surface area (Å²) >= 11 is 0. The number of likely N-dealkylation sites (tertiary alicyclic amines) is 1. The number of aliphatic carboxylic acids is 1. The average molecular weight is 341 g/mol. The Kier molecular flexibility index (Phi) is 4.88. The van der Waals surface area contributed by atoms with Crippen LogP contribution in [-0.2, 0) is 11.4 Å². The van der Waals surface area contributed by atoms with Crippen LogP contribution in [0.15, 0.2) is 48.5 Å². The second-order valence-corrected chi connectivity index (χ2v) is 5.95. The molecular formula is C19H19NO5. The number of aromatic hydroxyl groups is 1. The molecule has 1 atom stereocenters. The molecule has 0 saturated carbocycles. The highest BCUT2D eigenvalue weighted by Gasteiger charge is 2.35. The van der Waals surface area contributed by atoms with Gasteiger partial charge < -0.3 is 19.8 Å². The Balaban J connectivity index is 1.77. The molecule has 1 heterocycles. The second kappa shape index (κ2) is 7.25. The van der Waals surface area contributed by atoms with Crippen molar-refractivity contribution in [3.8, 4) is 11.5 Å². The van der Waals surface area contributed by atoms with Crippen LogP contribution in [0, 0.1) is 0 Å². The van der Waals surface area contributed by atoms with E-state index in [0.717, 1.165) is 5.56 Å². The van der Waals surface area contributed by atoms with Crippen LogP contribution in [0.5, 0.6) is 11.5 Å². The van der Waals surface area contributed by atoms with E-state index in [1.165, 1.54) is 17.0 Å². The summed E-state index contributed by atoms with van der Waals surface area (Å²) < 4.78 is 5.68. The van der Waals surface area contributed by atoms with Crippen molar-refractivity contribution in [3.63, 3.8) is 0 Å². The maximum atomic E-state index is 12.7. The van der Waals surface area contributed by atoms with Gasteiger partial charge in [0, 0.05) is 6.54 Å². The summed E-state index contributed by atoms with van der Waals surface area (Å²) in [5.41, 5.74) is 1.03. The zero-order chi connectivity index (χ0) is 17.8. The van der Waals surface area contributed by atoms with E-state index in [4.69, 9.17) is 4.74 Å². The molecule has 2 aromatic carbocycles. The third kappa shape index (κ3) is 3.74. The Hall–Kier alpha value is -3.02. The van der Waals surface area contributed by atoms with Gasteiger partial charge in [0.1, 0.15) is 24.1 Å². The molecule has 0 unspecified atom stereocenters. The lowest BCUT2D eigenvalue weighted by atomic mass is 10.1. The number of ether oxygens (including phenoxy) is 1. The normalized spacial score (nSPS) is 16.6. The summed E-state index contributed by atoms with van der Waals surface area (Å²) in [6.45, 7) is 0.699. The van der Waals surface area contributed by atoms with Gasteiger partial charge in [0.15, 0.2) is 0 Å². The minimum absolute atomic E-state index is 0.0544. The van der Waals surface area contributed by atoms with E-state index < -0.39 is 17.9 Å². The Labute approximate surface area is 145 Å². The monoisotopic (exact) mass is 341 g/mol. The minimum atomic E-state index is -1.03. The van der Waals surface area contributed by atoms with E-state index in [1.807, 2.05) is 30.3 Å². The lowest BCUT2D eigenvalue weighted by Gasteiger charge is -2.22. The maximum Gasteiger partial charge on any atom is 0.326 e. The van der Waals surface area contributed by atoms with Crippen LogP contribution in [0.1, 0.15) is 28.8 Å². The highest BCUT2D eigenvalue weighted by molar-refractivity contribution is 5.99. The lowest BCUT2D eigenvalue weighted by molar-refractivity contribution is -0.141. The molecule has 6 heteroatoms. The van der Waals surface area contributed by atoms with Crippen molar-refractivity contribution in [2.24, 2.45) is 0 Å². The summed E-state index contributed by atoms with van der Waals surface area (Å²) in [4.78, 5) is 25.2. The van der Waals surface area contributed by atoms with Gasteiger partial charge in [-0.1, -0.05) is 30.3 Å². The molecule has 0 aliphatic carbocycles. The number of hydrogen-bond acceptors (Lipinski definition) is 4. The molecule has 1 saturated heterocycles. The van der Waals surface area contributed by atoms with Crippen LogP contribution in [0.4, 0.5) is 0 Å². The molecule has 1 aliphatic heterocycles. The molecule has 1 fully saturated rings. The first-order chi connectivity index (χ1) is 12.1. The Morgan fingerprint density at radius 3 is 2.64 bits per heavy atom. The number of carbonyl (C=O) groups excluding carboxylic acids is 1. The summed E-state index contributed by atoms with van der Waals surface area (Å²) in [5.74, 6) is -1.27. The Morgan fingerprint density at radius 1 is 1.16 bits per heavy atom. The number of carbonyl (C=O) groups is 2. The Morgan fingerprint density at radius 2 is 1.92 bits per heavy atom. The first-order valence-corrected chi connectivity index (χ1v) is 8.10. The van der Waals surface area contributed by atoms with E-state index in [0.29, 0.717) is 31.7 Å². The predicted molar refractivity (Wildman–Crippen MR) is 90.6 cm³/mol. The van der Waals surface area contributed by atoms with E-state index >= 15 is 0 Å². The van der Waals surface area contributed by atoms with Crippen molar-refractivity contribution in [2.75, 3.05) is 6.54 Å². The molecule has 130 valence electrons. The quantitative estimate of drug-likeness (QED) is 0.873. The molecule has 0 bridgehead atoms. The van der Waals surface area contributed by atoms with Gasteiger partial charge in [-0.15, -0.1) is 0 Å². The number of hydrogen-bond donors (Lipinski definition) is 2. The van der Waals surface area contributed by atoms with Gasteiger partial charge in [-0.05, 0) is 36.6 Å². The average Bonchev–Trinajstić information content (AvgIpc) is 3.11. The van der Waals surface area contributed by atoms with Crippen LogP contribution in [0.2, 0.25) is 0 Å². The number of nitrogens with zero attached hydrogens (tertiary/aromatic N) is 1. The number of phenolic OH excluding ortho intramolecular Hbond substituents is 1. The smallest absolute Gasteiger partial charge is 0.326 e. The lowest BCUT2D eigenvalue weighted by Crippen LogP contribution is -2.40. The maximum absolute atomic E-state index is 12.7. The first-order valence-electron chi connectivity index (χ1n) is 8.10. The van der Waals surface area contributed by atoms with Gasteiger partial charge in [-0.25, -0.2) is 4.79 Å². The number of benzene rings is 2. The van der Waals surface area contributed by atoms with Gasteiger partial charge in [0.05, 0.1) is 5.56 Å². The highest BCUT2D eigenvalue weighted by Crippen LogP contribution is 2.28. The molecule has 2 aromatic rings. The number of carboxylic acid groups (broad SMARTS) is 1. The molecule has 0 radical (unpaired) electrons. The van der Waals surface area contributed by atoms with Crippen molar-refractivity contribution >= 4 is 11.9 Å². The van der Waals surface area contributed by atoms with E-state index in [-0.39, 0.29) is 11.3 Å². The second-order valence-electron chi connectivity index (χ2n) is 5.95. The van der Waals surface area contributed by atoms with Crippen molar-refractivity contribution in [3.05, 3.63) is 59.7 Å². The minimum Gasteiger partial charge on any atom is -0.507 e. The molecule has 1 aliphatic rings. The summed E-state index contributed by atoms with van der Waals surface area (Å²) in [5, 5.41) is 19.3. The summed E-state index contributed by atoms with van der Waals surface area (Å²) in [6, 6.07) is 13.2. The number of carboxylic acids is 1. The highest BCUT2D eigenvalue weighted by atomic mass is 16.5. The van der Waals surface area contributed by atoms with Crippen molar-refractivity contribution in [1.82, 2.24) is 4.90 Å². The topological polar surface area (TPSA) is 87.1 Å². The Bertz CT molecular complexity index is 775. The van der Waals surface area contributed by atoms with Crippen LogP contribution in [0.3, 0.4) is 0 Å². The van der Waals surface area contributed by atoms with Crippen LogP contribution >= 0.6 is 0 Å². The van der Waals surface area contributed by atoms with E-state index in [2.05, 4.69) is 0 Å². The fourth-order valence-electron chi connectivity index (χ4n) is 2.94. The van der Waals surface area contributed by atoms with Crippen molar-refractivity contribution < 1.29 is 24.5 Å². The molecule has 6 nitrogen and oxygen atoms in total. The third-order valence-corrected chi connectivity index (χ3v) is 4.25. The van der Waals surface area contributed by atoms with Crippen molar-refractivity contribution in [1.29, 1.82) is 0 Å². The van der Waals surface area contributed by atoms with E-state index in [9.17, 15) is 19.8 Å². The van der Waals surface area contributed by atoms with Gasteiger partial charge in [-0.3, -0.25) is 4.79 Å². The van der Waals surface area contributed by atoms with Crippen LogP contribution in [-0.4, -0.2) is 39.6 Å². The molecule has 25 heavy (non-hydrogen) atoms. The molecule has 3 rings (SSSR count). The van der Waals surface area contributed by atoms with Crippen molar-refractivity contribution in [2.45, 2.75) is 25.5 Å². The van der Waals surface area contributed by atoms with Crippen LogP contribution in [0.25, 0.3) is 0 Å². The van der Waals surface area contributed by atoms with Gasteiger partial charge in [0.2, 0.25) is 0 Å². The van der Waals surface area contributed by atoms with Gasteiger partial charge >= 0.3 is 5.97 Å².